The molecule has 0 spiro atoms. The van der Waals surface area contributed by atoms with Crippen molar-refractivity contribution in [2.24, 2.45) is 10.7 Å². The maximum absolute atomic E-state index is 12.1. The lowest BCUT2D eigenvalue weighted by Crippen LogP contribution is -2.28. The Labute approximate surface area is 183 Å². The minimum Gasteiger partial charge on any atom is -0.406 e. The summed E-state index contributed by atoms with van der Waals surface area (Å²) in [5.74, 6) is -0.701. The standard InChI is InChI=1S/C17H19F3N4O3S.HI/c18-17(19,20)27-15-8-6-14(7-9-15)24-16(21)22-10-11-28(25,26)23-12-13-4-2-1-3-5-13;/h1-9,23H,10-12H2,(H3,21,22,24);1H. The Bertz CT molecular complexity index is 892. The van der Waals surface area contributed by atoms with Gasteiger partial charge in [0.2, 0.25) is 10.0 Å². The molecule has 0 atom stereocenters. The first-order chi connectivity index (χ1) is 13.1. The number of ether oxygens (including phenoxy) is 1. The number of hydrogen-bond acceptors (Lipinski definition) is 4. The van der Waals surface area contributed by atoms with Gasteiger partial charge in [-0.15, -0.1) is 37.1 Å². The zero-order chi connectivity index (χ0) is 20.6. The molecule has 0 unspecified atom stereocenters. The van der Waals surface area contributed by atoms with Crippen molar-refractivity contribution in [2.45, 2.75) is 12.9 Å². The number of nitrogens with one attached hydrogen (secondary N) is 2. The third-order valence-corrected chi connectivity index (χ3v) is 4.65. The van der Waals surface area contributed by atoms with E-state index in [2.05, 4.69) is 19.8 Å². The van der Waals surface area contributed by atoms with Crippen LogP contribution in [0.2, 0.25) is 0 Å². The molecular weight excluding hydrogens is 524 g/mol. The summed E-state index contributed by atoms with van der Waals surface area (Å²) in [7, 11) is -3.53. The lowest BCUT2D eigenvalue weighted by Gasteiger charge is -2.10. The number of benzene rings is 2. The SMILES string of the molecule is I.NC(=NCCS(=O)(=O)NCc1ccccc1)Nc1ccc(OC(F)(F)F)cc1. The molecule has 12 heteroatoms. The molecular formula is C17H20F3IN4O3S. The van der Waals surface area contributed by atoms with E-state index < -0.39 is 16.4 Å². The van der Waals surface area contributed by atoms with Crippen molar-refractivity contribution in [1.29, 1.82) is 0 Å². The highest BCUT2D eigenvalue weighted by atomic mass is 127. The first-order valence-corrected chi connectivity index (χ1v) is 9.72. The van der Waals surface area contributed by atoms with Gasteiger partial charge in [-0.1, -0.05) is 30.3 Å². The Morgan fingerprint density at radius 2 is 1.69 bits per heavy atom. The van der Waals surface area contributed by atoms with E-state index >= 15 is 0 Å². The topological polar surface area (TPSA) is 106 Å². The summed E-state index contributed by atoms with van der Waals surface area (Å²) in [5.41, 5.74) is 6.86. The molecule has 0 aliphatic carbocycles. The van der Waals surface area contributed by atoms with Crippen molar-refractivity contribution in [3.8, 4) is 5.75 Å². The minimum atomic E-state index is -4.77. The molecule has 0 aromatic heterocycles. The van der Waals surface area contributed by atoms with E-state index in [1.165, 1.54) is 12.1 Å². The Hall–Kier alpha value is -2.06. The van der Waals surface area contributed by atoms with Crippen molar-refractivity contribution in [1.82, 2.24) is 4.72 Å². The van der Waals surface area contributed by atoms with Crippen LogP contribution in [0, 0.1) is 0 Å². The smallest absolute Gasteiger partial charge is 0.406 e. The van der Waals surface area contributed by atoms with Crippen LogP contribution in [0.3, 0.4) is 0 Å². The van der Waals surface area contributed by atoms with Gasteiger partial charge in [0.15, 0.2) is 5.96 Å². The summed E-state index contributed by atoms with van der Waals surface area (Å²) in [6.45, 7) is 0.0885. The summed E-state index contributed by atoms with van der Waals surface area (Å²) in [4.78, 5) is 3.89. The fourth-order valence-corrected chi connectivity index (χ4v) is 2.94. The number of anilines is 1. The molecule has 2 aromatic carbocycles. The molecule has 7 nitrogen and oxygen atoms in total. The van der Waals surface area contributed by atoms with Crippen LogP contribution in [0.25, 0.3) is 0 Å². The first-order valence-electron chi connectivity index (χ1n) is 8.07. The van der Waals surface area contributed by atoms with E-state index in [0.717, 1.165) is 17.7 Å². The highest BCUT2D eigenvalue weighted by Gasteiger charge is 2.30. The number of guanidine groups is 1. The van der Waals surface area contributed by atoms with Crippen LogP contribution in [-0.2, 0) is 16.6 Å². The van der Waals surface area contributed by atoms with Crippen LogP contribution in [0.5, 0.6) is 5.75 Å². The Morgan fingerprint density at radius 3 is 2.28 bits per heavy atom. The molecule has 2 aromatic rings. The van der Waals surface area contributed by atoms with E-state index in [0.29, 0.717) is 5.69 Å². The summed E-state index contributed by atoms with van der Waals surface area (Å²) < 4.78 is 66.4. The van der Waals surface area contributed by atoms with Crippen LogP contribution in [0.4, 0.5) is 18.9 Å². The predicted molar refractivity (Wildman–Crippen MR) is 116 cm³/mol. The van der Waals surface area contributed by atoms with Crippen molar-refractivity contribution >= 4 is 45.6 Å². The average molecular weight is 544 g/mol. The minimum absolute atomic E-state index is 0. The van der Waals surface area contributed by atoms with Gasteiger partial charge in [0.1, 0.15) is 5.75 Å². The fraction of sp³-hybridized carbons (Fsp3) is 0.235. The summed E-state index contributed by atoms with van der Waals surface area (Å²) in [5, 5.41) is 2.65. The zero-order valence-electron chi connectivity index (χ0n) is 15.0. The van der Waals surface area contributed by atoms with Gasteiger partial charge in [-0.05, 0) is 29.8 Å². The molecule has 0 aliphatic rings. The van der Waals surface area contributed by atoms with Crippen molar-refractivity contribution < 1.29 is 26.3 Å². The van der Waals surface area contributed by atoms with E-state index in [1.807, 2.05) is 18.2 Å². The number of nitrogens with two attached hydrogens (primary N) is 1. The Kier molecular flexibility index (Phi) is 9.65. The third kappa shape index (κ3) is 10.3. The van der Waals surface area contributed by atoms with Gasteiger partial charge < -0.3 is 15.8 Å². The molecule has 29 heavy (non-hydrogen) atoms. The number of hydrogen-bond donors (Lipinski definition) is 3. The van der Waals surface area contributed by atoms with Crippen molar-refractivity contribution in [2.75, 3.05) is 17.6 Å². The second-order valence-electron chi connectivity index (χ2n) is 5.59. The lowest BCUT2D eigenvalue weighted by atomic mass is 10.2. The predicted octanol–water partition coefficient (Wildman–Crippen LogP) is 3.05. The molecule has 0 amide bonds. The second-order valence-corrected chi connectivity index (χ2v) is 7.52. The lowest BCUT2D eigenvalue weighted by molar-refractivity contribution is -0.274. The highest BCUT2D eigenvalue weighted by molar-refractivity contribution is 14.0. The Morgan fingerprint density at radius 1 is 1.07 bits per heavy atom. The Balaban J connectivity index is 0.00000420. The molecule has 4 N–H and O–H groups in total. The van der Waals surface area contributed by atoms with Gasteiger partial charge >= 0.3 is 6.36 Å². The number of alkyl halides is 3. The summed E-state index contributed by atoms with van der Waals surface area (Å²) in [6, 6.07) is 13.9. The molecule has 2 rings (SSSR count). The van der Waals surface area contributed by atoms with E-state index in [4.69, 9.17) is 5.73 Å². The molecule has 0 fully saturated rings. The number of sulfonamides is 1. The molecule has 0 heterocycles. The molecule has 0 saturated carbocycles. The third-order valence-electron chi connectivity index (χ3n) is 3.34. The normalized spacial score (nSPS) is 12.2. The fourth-order valence-electron chi connectivity index (χ4n) is 2.07. The quantitative estimate of drug-likeness (QED) is 0.269. The van der Waals surface area contributed by atoms with Gasteiger partial charge in [0.05, 0.1) is 12.3 Å². The van der Waals surface area contributed by atoms with Crippen LogP contribution in [0.1, 0.15) is 5.56 Å². The van der Waals surface area contributed by atoms with Gasteiger partial charge in [0.25, 0.3) is 0 Å². The second kappa shape index (κ2) is 11.2. The molecule has 160 valence electrons. The monoisotopic (exact) mass is 544 g/mol. The summed E-state index contributed by atoms with van der Waals surface area (Å²) in [6.07, 6.45) is -4.77. The van der Waals surface area contributed by atoms with Crippen LogP contribution in [0.15, 0.2) is 59.6 Å². The molecule has 0 radical (unpaired) electrons. The van der Waals surface area contributed by atoms with E-state index in [9.17, 15) is 21.6 Å². The summed E-state index contributed by atoms with van der Waals surface area (Å²) >= 11 is 0. The zero-order valence-corrected chi connectivity index (χ0v) is 18.2. The number of nitrogens with zero attached hydrogens (tertiary/aromatic N) is 1. The van der Waals surface area contributed by atoms with Crippen LogP contribution >= 0.6 is 24.0 Å². The molecule has 0 saturated heterocycles. The van der Waals surface area contributed by atoms with Gasteiger partial charge in [0, 0.05) is 12.2 Å². The molecule has 0 bridgehead atoms. The van der Waals surface area contributed by atoms with Gasteiger partial charge in [-0.2, -0.15) is 0 Å². The highest BCUT2D eigenvalue weighted by Crippen LogP contribution is 2.23. The molecule has 0 aliphatic heterocycles. The van der Waals surface area contributed by atoms with Crippen molar-refractivity contribution in [3.05, 3.63) is 60.2 Å². The maximum atomic E-state index is 12.1. The van der Waals surface area contributed by atoms with Crippen molar-refractivity contribution in [3.63, 3.8) is 0 Å². The average Bonchev–Trinajstić information content (AvgIpc) is 2.61. The van der Waals surface area contributed by atoms with Gasteiger partial charge in [-0.3, -0.25) is 4.99 Å². The van der Waals surface area contributed by atoms with Gasteiger partial charge in [-0.25, -0.2) is 13.1 Å². The number of rotatable bonds is 8. The number of aliphatic imine (C=N–C) groups is 1. The number of halogens is 4. The van der Waals surface area contributed by atoms with E-state index in [-0.39, 0.29) is 54.5 Å². The first kappa shape index (κ1) is 25.0. The van der Waals surface area contributed by atoms with E-state index in [1.54, 1.807) is 12.1 Å². The van der Waals surface area contributed by atoms with Crippen LogP contribution < -0.4 is 20.5 Å². The maximum Gasteiger partial charge on any atom is 0.573 e. The largest absolute Gasteiger partial charge is 0.573 e. The van der Waals surface area contributed by atoms with Crippen LogP contribution in [-0.4, -0.2) is 33.0 Å².